The number of pyridine rings is 2. The van der Waals surface area contributed by atoms with Gasteiger partial charge in [-0.25, -0.2) is 5.84 Å². The van der Waals surface area contributed by atoms with Gasteiger partial charge in [0.15, 0.2) is 5.54 Å². The van der Waals surface area contributed by atoms with Gasteiger partial charge in [0.05, 0.1) is 45.7 Å². The summed E-state index contributed by atoms with van der Waals surface area (Å²) >= 11 is 0. The summed E-state index contributed by atoms with van der Waals surface area (Å²) in [5, 5.41) is 38.5. The fraction of sp³-hybridized carbons (Fsp3) is 0.303. The molecule has 0 saturated heterocycles. The van der Waals surface area contributed by atoms with Gasteiger partial charge in [-0.2, -0.15) is 29.0 Å². The third kappa shape index (κ3) is 5.91. The van der Waals surface area contributed by atoms with Crippen molar-refractivity contribution in [2.75, 3.05) is 17.2 Å². The molecule has 10 nitrogen and oxygen atoms in total. The van der Waals surface area contributed by atoms with Crippen molar-refractivity contribution < 1.29 is 13.2 Å². The number of nitrogens with zero attached hydrogens (tertiary/aromatic N) is 6. The lowest BCUT2D eigenvalue weighted by atomic mass is 9.94. The number of halogens is 3. The molecule has 1 aliphatic rings. The fourth-order valence-electron chi connectivity index (χ4n) is 5.34. The van der Waals surface area contributed by atoms with Crippen molar-refractivity contribution in [3.63, 3.8) is 0 Å². The number of nitrogens with one attached hydrogen (secondary N) is 2. The molecule has 0 amide bonds. The van der Waals surface area contributed by atoms with E-state index >= 15 is 0 Å². The van der Waals surface area contributed by atoms with Gasteiger partial charge in [0.1, 0.15) is 12.1 Å². The predicted molar refractivity (Wildman–Crippen MR) is 168 cm³/mol. The normalized spacial score (nSPS) is 15.0. The number of fused-ring (bicyclic) bond motifs is 2. The van der Waals surface area contributed by atoms with Gasteiger partial charge in [-0.05, 0) is 53.5 Å². The molecule has 4 aromatic rings. The first-order chi connectivity index (χ1) is 21.7. The molecule has 2 heterocycles. The van der Waals surface area contributed by atoms with E-state index in [0.29, 0.717) is 55.7 Å². The Labute approximate surface area is 263 Å². The molecular formula is C33H31F3N10. The standard InChI is InChI=1S/C33H31F3N10/c1-31(2,3)18-44-29-21(14-39)15-43-28-20(13-38)10-22(11-25(28)29)45-30(27(40)17-46(41)32(7-8-32)33(34,35)36)24-5-4-19(12-37)26-16-42-9-6-23(24)26/h4-6,9-11,15-17,30,45H,7-8,18,40-41H2,1-3H3,(H,43,44)/b27-17-. The van der Waals surface area contributed by atoms with E-state index in [4.69, 9.17) is 11.6 Å². The summed E-state index contributed by atoms with van der Waals surface area (Å²) < 4.78 is 41.8. The molecule has 2 aromatic carbocycles. The Balaban J connectivity index is 1.69. The third-order valence-corrected chi connectivity index (χ3v) is 7.97. The minimum absolute atomic E-state index is 0.0468. The zero-order chi connectivity index (χ0) is 33.4. The number of benzene rings is 2. The van der Waals surface area contributed by atoms with Crippen LogP contribution in [-0.4, -0.2) is 33.2 Å². The number of rotatable bonds is 8. The van der Waals surface area contributed by atoms with Gasteiger partial charge in [-0.3, -0.25) is 9.97 Å². The first kappa shape index (κ1) is 31.8. The first-order valence-corrected chi connectivity index (χ1v) is 14.3. The topological polar surface area (TPSA) is 176 Å². The van der Waals surface area contributed by atoms with Crippen molar-refractivity contribution in [3.8, 4) is 18.2 Å². The Kier molecular flexibility index (Phi) is 8.12. The number of hydrogen-bond donors (Lipinski definition) is 4. The summed E-state index contributed by atoms with van der Waals surface area (Å²) in [5.74, 6) is 5.99. The van der Waals surface area contributed by atoms with Crippen molar-refractivity contribution in [1.82, 2.24) is 15.0 Å². The van der Waals surface area contributed by atoms with Crippen molar-refractivity contribution in [2.45, 2.75) is 51.4 Å². The zero-order valence-corrected chi connectivity index (χ0v) is 25.4. The molecule has 1 saturated carbocycles. The van der Waals surface area contributed by atoms with Gasteiger partial charge >= 0.3 is 6.18 Å². The second-order valence-electron chi connectivity index (χ2n) is 12.5. The van der Waals surface area contributed by atoms with E-state index in [0.717, 1.165) is 6.20 Å². The van der Waals surface area contributed by atoms with Gasteiger partial charge in [0.25, 0.3) is 0 Å². The Bertz CT molecular complexity index is 1990. The maximum Gasteiger partial charge on any atom is 0.413 e. The van der Waals surface area contributed by atoms with Gasteiger partial charge < -0.3 is 21.4 Å². The highest BCUT2D eigenvalue weighted by atomic mass is 19.4. The maximum atomic E-state index is 13.9. The van der Waals surface area contributed by atoms with Crippen LogP contribution in [-0.2, 0) is 0 Å². The van der Waals surface area contributed by atoms with E-state index in [2.05, 4.69) is 38.8 Å². The van der Waals surface area contributed by atoms with Crippen LogP contribution >= 0.6 is 0 Å². The highest BCUT2D eigenvalue weighted by Crippen LogP contribution is 2.52. The molecule has 1 aliphatic carbocycles. The second kappa shape index (κ2) is 11.7. The number of hydrogen-bond acceptors (Lipinski definition) is 10. The van der Waals surface area contributed by atoms with Crippen LogP contribution in [0, 0.1) is 39.4 Å². The largest absolute Gasteiger partial charge is 0.413 e. The molecule has 6 N–H and O–H groups in total. The Morgan fingerprint density at radius 3 is 2.30 bits per heavy atom. The van der Waals surface area contributed by atoms with Crippen LogP contribution in [0.1, 0.15) is 61.9 Å². The summed E-state index contributed by atoms with van der Waals surface area (Å²) in [5.41, 5.74) is 6.77. The van der Waals surface area contributed by atoms with Crippen LogP contribution in [0.15, 0.2) is 60.8 Å². The molecule has 0 bridgehead atoms. The third-order valence-electron chi connectivity index (χ3n) is 7.97. The fourth-order valence-corrected chi connectivity index (χ4v) is 5.34. The van der Waals surface area contributed by atoms with Gasteiger partial charge in [-0.1, -0.05) is 26.8 Å². The minimum Gasteiger partial charge on any atom is -0.399 e. The lowest BCUT2D eigenvalue weighted by Gasteiger charge is -2.30. The van der Waals surface area contributed by atoms with Crippen LogP contribution < -0.4 is 22.2 Å². The molecule has 0 spiro atoms. The average molecular weight is 625 g/mol. The molecule has 0 aliphatic heterocycles. The van der Waals surface area contributed by atoms with Crippen LogP contribution in [0.25, 0.3) is 21.7 Å². The highest BCUT2D eigenvalue weighted by molar-refractivity contribution is 5.99. The number of nitrogens with two attached hydrogens (primary N) is 2. The molecule has 1 fully saturated rings. The lowest BCUT2D eigenvalue weighted by Crippen LogP contribution is -2.49. The van der Waals surface area contributed by atoms with Crippen molar-refractivity contribution in [3.05, 3.63) is 83.1 Å². The molecule has 1 atom stereocenters. The van der Waals surface area contributed by atoms with Gasteiger partial charge in [0, 0.05) is 47.8 Å². The van der Waals surface area contributed by atoms with Crippen LogP contribution in [0.3, 0.4) is 0 Å². The molecule has 1 unspecified atom stereocenters. The van der Waals surface area contributed by atoms with E-state index in [1.165, 1.54) is 18.6 Å². The minimum atomic E-state index is -4.57. The number of alkyl halides is 3. The summed E-state index contributed by atoms with van der Waals surface area (Å²) in [6, 6.07) is 13.7. The number of hydrazine groups is 1. The monoisotopic (exact) mass is 624 g/mol. The summed E-state index contributed by atoms with van der Waals surface area (Å²) in [7, 11) is 0. The molecule has 13 heteroatoms. The van der Waals surface area contributed by atoms with Crippen LogP contribution in [0.2, 0.25) is 0 Å². The summed E-state index contributed by atoms with van der Waals surface area (Å²) in [6.07, 6.45) is 0.625. The smallest absolute Gasteiger partial charge is 0.399 e. The Morgan fingerprint density at radius 2 is 1.70 bits per heavy atom. The number of aromatic nitrogens is 2. The van der Waals surface area contributed by atoms with E-state index in [1.807, 2.05) is 20.8 Å². The van der Waals surface area contributed by atoms with Crippen molar-refractivity contribution in [1.29, 1.82) is 15.8 Å². The predicted octanol–water partition coefficient (Wildman–Crippen LogP) is 6.08. The zero-order valence-electron chi connectivity index (χ0n) is 25.4. The average Bonchev–Trinajstić information content (AvgIpc) is 3.84. The maximum absolute atomic E-state index is 13.9. The van der Waals surface area contributed by atoms with E-state index in [1.54, 1.807) is 30.3 Å². The lowest BCUT2D eigenvalue weighted by molar-refractivity contribution is -0.189. The molecule has 234 valence electrons. The van der Waals surface area contributed by atoms with E-state index < -0.39 is 17.8 Å². The molecule has 5 rings (SSSR count). The van der Waals surface area contributed by atoms with Crippen LogP contribution in [0.4, 0.5) is 24.5 Å². The first-order valence-electron chi connectivity index (χ1n) is 14.3. The highest BCUT2D eigenvalue weighted by Gasteiger charge is 2.66. The van der Waals surface area contributed by atoms with Gasteiger partial charge in [-0.15, -0.1) is 0 Å². The Morgan fingerprint density at radius 1 is 1.00 bits per heavy atom. The van der Waals surface area contributed by atoms with E-state index in [-0.39, 0.29) is 35.1 Å². The molecule has 0 radical (unpaired) electrons. The van der Waals surface area contributed by atoms with Crippen LogP contribution in [0.5, 0.6) is 0 Å². The number of nitriles is 3. The summed E-state index contributed by atoms with van der Waals surface area (Å²) in [4.78, 5) is 8.52. The van der Waals surface area contributed by atoms with Crippen molar-refractivity contribution >= 4 is 33.1 Å². The van der Waals surface area contributed by atoms with Crippen molar-refractivity contribution in [2.24, 2.45) is 17.0 Å². The quantitative estimate of drug-likeness (QED) is 0.133. The summed E-state index contributed by atoms with van der Waals surface area (Å²) in [6.45, 7) is 6.61. The number of anilines is 2. The second-order valence-corrected chi connectivity index (χ2v) is 12.5. The SMILES string of the molecule is CC(C)(C)CNc1c(C#N)cnc2c(C#N)cc(NC(/C(N)=C/N(N)C3(C(F)(F)F)CC3)c3ccc(C#N)c4cnccc34)cc12. The molecular weight excluding hydrogens is 593 g/mol. The molecule has 2 aromatic heterocycles. The Hall–Kier alpha value is -5.58. The van der Waals surface area contributed by atoms with E-state index in [9.17, 15) is 29.0 Å². The van der Waals surface area contributed by atoms with Gasteiger partial charge in [0.2, 0.25) is 0 Å². The molecule has 46 heavy (non-hydrogen) atoms.